The normalized spacial score (nSPS) is 19.2. The number of benzene rings is 2. The molecule has 1 aliphatic heterocycles. The molecule has 43 heavy (non-hydrogen) atoms. The molecular formula is C32H38F3N5O2S. The lowest BCUT2D eigenvalue weighted by molar-refractivity contribution is -0.189. The summed E-state index contributed by atoms with van der Waals surface area (Å²) in [5.41, 5.74) is 2.28. The predicted molar refractivity (Wildman–Crippen MR) is 167 cm³/mol. The van der Waals surface area contributed by atoms with E-state index in [9.17, 15) is 22.8 Å². The standard InChI is InChI=1S/C32H38F3N5O2S/c1-4-43(39-30-37-26(19-27(41)38-30)28-21(2)8-5-9-22(28)3)25-12-6-10-23(18-25)29(42)36-24-11-7-16-40(20-24)17-15-31(13-14-31)32(33,34)35/h4-6,8-10,12,18-19,24H,7,11,13-17,20H2,1-3H3,(H,36,42)(H2,37,38,39,41). The maximum absolute atomic E-state index is 13.4. The number of nitrogens with one attached hydrogen (secondary N) is 3. The number of aromatic nitrogens is 2. The molecule has 0 radical (unpaired) electrons. The van der Waals surface area contributed by atoms with Crippen molar-refractivity contribution in [3.63, 3.8) is 0 Å². The van der Waals surface area contributed by atoms with Crippen molar-refractivity contribution in [3.8, 4) is 11.3 Å². The number of piperidine rings is 1. The van der Waals surface area contributed by atoms with Gasteiger partial charge in [0.1, 0.15) is 0 Å². The van der Waals surface area contributed by atoms with Crippen molar-refractivity contribution < 1.29 is 18.0 Å². The van der Waals surface area contributed by atoms with Crippen LogP contribution in [0.5, 0.6) is 0 Å². The molecule has 7 nitrogen and oxygen atoms in total. The molecular weight excluding hydrogens is 575 g/mol. The number of amides is 1. The van der Waals surface area contributed by atoms with E-state index in [1.807, 2.05) is 67.4 Å². The Kier molecular flexibility index (Phi) is 9.12. The highest BCUT2D eigenvalue weighted by Crippen LogP contribution is 2.60. The Bertz CT molecular complexity index is 1560. The average molecular weight is 614 g/mol. The van der Waals surface area contributed by atoms with Crippen molar-refractivity contribution in [1.82, 2.24) is 20.2 Å². The number of rotatable bonds is 9. The maximum atomic E-state index is 13.4. The van der Waals surface area contributed by atoms with Gasteiger partial charge in [0.15, 0.2) is 0 Å². The molecule has 2 heterocycles. The molecule has 1 saturated heterocycles. The maximum Gasteiger partial charge on any atom is 0.394 e. The number of aromatic amines is 1. The summed E-state index contributed by atoms with van der Waals surface area (Å²) < 4.78 is 43.4. The fraction of sp³-hybridized carbons (Fsp3) is 0.438. The molecule has 3 aromatic rings. The molecule has 1 saturated carbocycles. The first-order valence-electron chi connectivity index (χ1n) is 14.7. The van der Waals surface area contributed by atoms with Crippen LogP contribution in [0.25, 0.3) is 11.3 Å². The summed E-state index contributed by atoms with van der Waals surface area (Å²) in [6.45, 7) is 7.56. The van der Waals surface area contributed by atoms with E-state index >= 15 is 0 Å². The Morgan fingerprint density at radius 3 is 2.56 bits per heavy atom. The lowest BCUT2D eigenvalue weighted by atomic mass is 9.99. The van der Waals surface area contributed by atoms with Crippen molar-refractivity contribution in [3.05, 3.63) is 75.6 Å². The fourth-order valence-electron chi connectivity index (χ4n) is 5.83. The SMILES string of the molecule is C/C=S(/Nc1nc(-c2c(C)cccc2C)cc(=O)[nH]1)c1cccc(C(=O)NC2CCCN(CCC3(C(F)(F)F)CC3)C2)c1. The molecule has 0 bridgehead atoms. The van der Waals surface area contributed by atoms with Gasteiger partial charge in [-0.25, -0.2) is 4.98 Å². The monoisotopic (exact) mass is 613 g/mol. The molecule has 2 atom stereocenters. The van der Waals surface area contributed by atoms with Crippen LogP contribution >= 0.6 is 10.7 Å². The van der Waals surface area contributed by atoms with Crippen LogP contribution in [0.3, 0.4) is 0 Å². The van der Waals surface area contributed by atoms with Gasteiger partial charge in [-0.1, -0.05) is 34.9 Å². The van der Waals surface area contributed by atoms with Gasteiger partial charge in [-0.2, -0.15) is 13.2 Å². The summed E-state index contributed by atoms with van der Waals surface area (Å²) in [5, 5.41) is 5.05. The predicted octanol–water partition coefficient (Wildman–Crippen LogP) is 6.46. The van der Waals surface area contributed by atoms with E-state index in [0.717, 1.165) is 41.0 Å². The fourth-order valence-corrected chi connectivity index (χ4v) is 7.12. The van der Waals surface area contributed by atoms with Crippen molar-refractivity contribution in [2.75, 3.05) is 24.4 Å². The summed E-state index contributed by atoms with van der Waals surface area (Å²) >= 11 is 0. The van der Waals surface area contributed by atoms with Crippen LogP contribution < -0.4 is 15.6 Å². The number of anilines is 1. The summed E-state index contributed by atoms with van der Waals surface area (Å²) in [7, 11) is -0.669. The molecule has 11 heteroatoms. The number of carbonyl (C=O) groups excluding carboxylic acids is 1. The van der Waals surface area contributed by atoms with Crippen molar-refractivity contribution in [2.45, 2.75) is 70.0 Å². The number of likely N-dealkylation sites (tertiary alicyclic amines) is 1. The topological polar surface area (TPSA) is 90.1 Å². The van der Waals surface area contributed by atoms with Gasteiger partial charge in [0.2, 0.25) is 5.95 Å². The van der Waals surface area contributed by atoms with Crippen molar-refractivity contribution >= 4 is 27.9 Å². The third-order valence-electron chi connectivity index (χ3n) is 8.47. The number of alkyl halides is 3. The first kappa shape index (κ1) is 31.0. The van der Waals surface area contributed by atoms with E-state index in [1.165, 1.54) is 6.07 Å². The van der Waals surface area contributed by atoms with Gasteiger partial charge in [0.05, 0.1) is 11.1 Å². The van der Waals surface area contributed by atoms with Crippen LogP contribution in [0.1, 0.15) is 60.5 Å². The third-order valence-corrected chi connectivity index (χ3v) is 10.1. The van der Waals surface area contributed by atoms with Gasteiger partial charge in [-0.05, 0) is 101 Å². The Hall–Kier alpha value is -3.44. The second-order valence-corrected chi connectivity index (χ2v) is 13.4. The van der Waals surface area contributed by atoms with Crippen LogP contribution in [-0.4, -0.2) is 58.0 Å². The number of carbonyl (C=O) groups is 1. The molecule has 2 aromatic carbocycles. The molecule has 2 unspecified atom stereocenters. The Labute approximate surface area is 252 Å². The second-order valence-electron chi connectivity index (χ2n) is 11.6. The van der Waals surface area contributed by atoms with Crippen LogP contribution in [0.15, 0.2) is 58.2 Å². The molecule has 2 fully saturated rings. The van der Waals surface area contributed by atoms with E-state index in [2.05, 4.69) is 15.0 Å². The number of hydrogen-bond acceptors (Lipinski definition) is 5. The molecule has 2 aliphatic rings. The summed E-state index contributed by atoms with van der Waals surface area (Å²) in [4.78, 5) is 36.2. The number of aryl methyl sites for hydroxylation is 2. The zero-order valence-electron chi connectivity index (χ0n) is 24.7. The minimum atomic E-state index is -4.14. The Morgan fingerprint density at radius 1 is 1.16 bits per heavy atom. The second kappa shape index (κ2) is 12.7. The molecule has 230 valence electrons. The lowest BCUT2D eigenvalue weighted by Gasteiger charge is -2.34. The van der Waals surface area contributed by atoms with Gasteiger partial charge < -0.3 is 14.9 Å². The zero-order chi connectivity index (χ0) is 30.8. The van der Waals surface area contributed by atoms with Gasteiger partial charge in [-0.3, -0.25) is 14.6 Å². The molecule has 1 aromatic heterocycles. The Morgan fingerprint density at radius 2 is 1.88 bits per heavy atom. The van der Waals surface area contributed by atoms with Gasteiger partial charge in [-0.15, -0.1) is 0 Å². The molecule has 1 aliphatic carbocycles. The largest absolute Gasteiger partial charge is 0.394 e. The van der Waals surface area contributed by atoms with E-state index in [0.29, 0.717) is 30.3 Å². The van der Waals surface area contributed by atoms with Crippen LogP contribution in [-0.2, 0) is 0 Å². The third kappa shape index (κ3) is 7.21. The minimum absolute atomic E-state index is 0.121. The number of H-pyrrole nitrogens is 1. The van der Waals surface area contributed by atoms with E-state index in [1.54, 1.807) is 6.07 Å². The highest BCUT2D eigenvalue weighted by molar-refractivity contribution is 8.16. The Balaban J connectivity index is 1.25. The smallest absolute Gasteiger partial charge is 0.348 e. The molecule has 5 rings (SSSR count). The quantitative estimate of drug-likeness (QED) is 0.241. The van der Waals surface area contributed by atoms with E-state index in [4.69, 9.17) is 4.98 Å². The molecule has 0 spiro atoms. The number of halogens is 3. The highest BCUT2D eigenvalue weighted by atomic mass is 32.2. The average Bonchev–Trinajstić information content (AvgIpc) is 3.77. The van der Waals surface area contributed by atoms with Gasteiger partial charge >= 0.3 is 6.18 Å². The van der Waals surface area contributed by atoms with E-state index < -0.39 is 22.3 Å². The number of nitrogens with zero attached hydrogens (tertiary/aromatic N) is 2. The first-order chi connectivity index (χ1) is 20.5. The molecule has 3 N–H and O–H groups in total. The lowest BCUT2D eigenvalue weighted by Crippen LogP contribution is -2.48. The first-order valence-corrected chi connectivity index (χ1v) is 15.9. The van der Waals surface area contributed by atoms with Crippen molar-refractivity contribution in [1.29, 1.82) is 0 Å². The van der Waals surface area contributed by atoms with E-state index in [-0.39, 0.29) is 36.8 Å². The zero-order valence-corrected chi connectivity index (χ0v) is 25.5. The summed E-state index contributed by atoms with van der Waals surface area (Å²) in [6.07, 6.45) is -1.97. The van der Waals surface area contributed by atoms with Crippen LogP contribution in [0.4, 0.5) is 19.1 Å². The molecule has 1 amide bonds. The highest BCUT2D eigenvalue weighted by Gasteiger charge is 2.62. The van der Waals surface area contributed by atoms with Crippen molar-refractivity contribution in [2.24, 2.45) is 5.41 Å². The van der Waals surface area contributed by atoms with Crippen LogP contribution in [0.2, 0.25) is 0 Å². The van der Waals surface area contributed by atoms with Gasteiger partial charge in [0, 0.05) is 34.7 Å². The van der Waals surface area contributed by atoms with Crippen LogP contribution in [0, 0.1) is 19.3 Å². The van der Waals surface area contributed by atoms with Gasteiger partial charge in [0.25, 0.3) is 11.5 Å². The number of hydrogen-bond donors (Lipinski definition) is 3. The summed E-state index contributed by atoms with van der Waals surface area (Å²) in [5.74, 6) is 0.119. The summed E-state index contributed by atoms with van der Waals surface area (Å²) in [6, 6.07) is 14.6. The minimum Gasteiger partial charge on any atom is -0.348 e.